The first-order chi connectivity index (χ1) is 6.35. The van der Waals surface area contributed by atoms with Gasteiger partial charge in [-0.05, 0) is 24.6 Å². The average molecular weight is 204 g/mol. The average Bonchev–Trinajstić information content (AvgIpc) is 2.02. The Balaban J connectivity index is 3.26. The fourth-order valence-electron chi connectivity index (χ4n) is 0.990. The Kier molecular flexibility index (Phi) is 2.51. The van der Waals surface area contributed by atoms with E-state index in [1.54, 1.807) is 0 Å². The van der Waals surface area contributed by atoms with E-state index in [9.17, 15) is 18.0 Å². The number of rotatable bonds is 2. The van der Waals surface area contributed by atoms with Crippen molar-refractivity contribution >= 4 is 5.97 Å². The minimum absolute atomic E-state index is 0.451. The molecule has 76 valence electrons. The highest BCUT2D eigenvalue weighted by molar-refractivity contribution is 5.77. The fourth-order valence-corrected chi connectivity index (χ4v) is 0.990. The molecule has 0 spiro atoms. The molecule has 0 saturated heterocycles. The van der Waals surface area contributed by atoms with Crippen LogP contribution >= 0.6 is 0 Å². The van der Waals surface area contributed by atoms with E-state index in [2.05, 4.69) is 0 Å². The van der Waals surface area contributed by atoms with Gasteiger partial charge in [0.15, 0.2) is 0 Å². The zero-order valence-corrected chi connectivity index (χ0v) is 7.22. The Hall–Kier alpha value is -1.52. The van der Waals surface area contributed by atoms with Crippen molar-refractivity contribution in [3.05, 3.63) is 35.1 Å². The lowest BCUT2D eigenvalue weighted by Gasteiger charge is -2.12. The van der Waals surface area contributed by atoms with E-state index in [-0.39, 0.29) is 0 Å². The van der Waals surface area contributed by atoms with E-state index in [1.165, 1.54) is 13.0 Å². The number of alkyl halides is 2. The van der Waals surface area contributed by atoms with Crippen molar-refractivity contribution < 1.29 is 23.1 Å². The highest BCUT2D eigenvalue weighted by Gasteiger charge is 2.43. The van der Waals surface area contributed by atoms with Crippen LogP contribution < -0.4 is 0 Å². The highest BCUT2D eigenvalue weighted by atomic mass is 19.3. The maximum atomic E-state index is 13.0. The number of aliphatic carboxylic acids is 1. The van der Waals surface area contributed by atoms with Gasteiger partial charge in [-0.1, -0.05) is 6.07 Å². The quantitative estimate of drug-likeness (QED) is 0.802. The Bertz CT molecular complexity index is 374. The van der Waals surface area contributed by atoms with E-state index >= 15 is 0 Å². The van der Waals surface area contributed by atoms with Gasteiger partial charge in [0.1, 0.15) is 5.82 Å². The van der Waals surface area contributed by atoms with Gasteiger partial charge in [-0.2, -0.15) is 8.78 Å². The van der Waals surface area contributed by atoms with Crippen molar-refractivity contribution in [3.8, 4) is 0 Å². The fraction of sp³-hybridized carbons (Fsp3) is 0.222. The zero-order chi connectivity index (χ0) is 10.9. The number of carboxylic acids is 1. The van der Waals surface area contributed by atoms with Crippen molar-refractivity contribution in [2.75, 3.05) is 0 Å². The second-order valence-electron chi connectivity index (χ2n) is 2.86. The summed E-state index contributed by atoms with van der Waals surface area (Å²) in [5, 5.41) is 8.17. The smallest absolute Gasteiger partial charge is 0.379 e. The van der Waals surface area contributed by atoms with E-state index in [1.807, 2.05) is 0 Å². The summed E-state index contributed by atoms with van der Waals surface area (Å²) in [4.78, 5) is 10.1. The lowest BCUT2D eigenvalue weighted by atomic mass is 10.1. The molecule has 0 bridgehead atoms. The van der Waals surface area contributed by atoms with Crippen LogP contribution in [0.4, 0.5) is 13.2 Å². The van der Waals surface area contributed by atoms with E-state index in [4.69, 9.17) is 5.11 Å². The van der Waals surface area contributed by atoms with Crippen LogP contribution in [0.5, 0.6) is 0 Å². The maximum absolute atomic E-state index is 13.0. The van der Waals surface area contributed by atoms with Gasteiger partial charge >= 0.3 is 11.9 Å². The van der Waals surface area contributed by atoms with Gasteiger partial charge in [0.2, 0.25) is 0 Å². The molecular formula is C9H7F3O2. The molecule has 0 unspecified atom stereocenters. The molecule has 5 heteroatoms. The SMILES string of the molecule is Cc1ccc(C(F)(F)C(=O)O)c(F)c1. The molecule has 1 aromatic carbocycles. The van der Waals surface area contributed by atoms with E-state index in [0.717, 1.165) is 12.1 Å². The molecule has 0 aliphatic heterocycles. The lowest BCUT2D eigenvalue weighted by molar-refractivity contribution is -0.166. The lowest BCUT2D eigenvalue weighted by Crippen LogP contribution is -2.26. The Morgan fingerprint density at radius 2 is 2.00 bits per heavy atom. The molecular weight excluding hydrogens is 197 g/mol. The summed E-state index contributed by atoms with van der Waals surface area (Å²) in [7, 11) is 0. The van der Waals surface area contributed by atoms with E-state index in [0.29, 0.717) is 5.56 Å². The maximum Gasteiger partial charge on any atom is 0.379 e. The minimum Gasteiger partial charge on any atom is -0.477 e. The van der Waals surface area contributed by atoms with Gasteiger partial charge in [-0.25, -0.2) is 9.18 Å². The van der Waals surface area contributed by atoms with Crippen LogP contribution in [0.2, 0.25) is 0 Å². The van der Waals surface area contributed by atoms with Gasteiger partial charge in [-0.3, -0.25) is 0 Å². The van der Waals surface area contributed by atoms with Crippen molar-refractivity contribution in [1.29, 1.82) is 0 Å². The molecule has 0 atom stereocenters. The van der Waals surface area contributed by atoms with Crippen molar-refractivity contribution in [1.82, 2.24) is 0 Å². The van der Waals surface area contributed by atoms with Crippen molar-refractivity contribution in [2.24, 2.45) is 0 Å². The van der Waals surface area contributed by atoms with Crippen molar-refractivity contribution in [3.63, 3.8) is 0 Å². The molecule has 0 heterocycles. The summed E-state index contributed by atoms with van der Waals surface area (Å²) in [5.74, 6) is -7.75. The van der Waals surface area contributed by atoms with Crippen LogP contribution in [0.1, 0.15) is 11.1 Å². The predicted octanol–water partition coefficient (Wildman–Crippen LogP) is 2.31. The number of carbonyl (C=O) groups is 1. The molecule has 0 amide bonds. The van der Waals surface area contributed by atoms with Crippen LogP contribution in [0.25, 0.3) is 0 Å². The van der Waals surface area contributed by atoms with Crippen molar-refractivity contribution in [2.45, 2.75) is 12.8 Å². The normalized spacial score (nSPS) is 11.4. The van der Waals surface area contributed by atoms with Gasteiger partial charge in [0, 0.05) is 0 Å². The van der Waals surface area contributed by atoms with Crippen LogP contribution in [0, 0.1) is 12.7 Å². The van der Waals surface area contributed by atoms with Gasteiger partial charge < -0.3 is 5.11 Å². The monoisotopic (exact) mass is 204 g/mol. The second kappa shape index (κ2) is 3.32. The molecule has 14 heavy (non-hydrogen) atoms. The number of carboxylic acid groups (broad SMARTS) is 1. The first-order valence-electron chi connectivity index (χ1n) is 3.73. The standard InChI is InChI=1S/C9H7F3O2/c1-5-2-3-6(7(10)4-5)9(11,12)8(13)14/h2-4H,1H3,(H,13,14). The first-order valence-corrected chi connectivity index (χ1v) is 3.73. The molecule has 1 aromatic rings. The number of benzene rings is 1. The van der Waals surface area contributed by atoms with Gasteiger partial charge in [0.25, 0.3) is 0 Å². The van der Waals surface area contributed by atoms with Crippen LogP contribution in [-0.4, -0.2) is 11.1 Å². The molecule has 0 aromatic heterocycles. The number of halogens is 3. The Labute approximate surface area is 78.0 Å². The highest BCUT2D eigenvalue weighted by Crippen LogP contribution is 2.30. The summed E-state index contributed by atoms with van der Waals surface area (Å²) in [6.07, 6.45) is 0. The predicted molar refractivity (Wildman–Crippen MR) is 42.7 cm³/mol. The molecule has 0 aliphatic carbocycles. The molecule has 0 radical (unpaired) electrons. The molecule has 2 nitrogen and oxygen atoms in total. The summed E-state index contributed by atoms with van der Waals surface area (Å²) in [6, 6.07) is 2.88. The third kappa shape index (κ3) is 1.71. The topological polar surface area (TPSA) is 37.3 Å². The van der Waals surface area contributed by atoms with E-state index < -0.39 is 23.3 Å². The molecule has 0 saturated carbocycles. The Morgan fingerprint density at radius 1 is 1.43 bits per heavy atom. The third-order valence-electron chi connectivity index (χ3n) is 1.73. The third-order valence-corrected chi connectivity index (χ3v) is 1.73. The number of aryl methyl sites for hydroxylation is 1. The molecule has 1 N–H and O–H groups in total. The Morgan fingerprint density at radius 3 is 2.43 bits per heavy atom. The molecule has 1 rings (SSSR count). The molecule has 0 fully saturated rings. The van der Waals surface area contributed by atoms with Crippen LogP contribution in [0.15, 0.2) is 18.2 Å². The molecule has 0 aliphatic rings. The zero-order valence-electron chi connectivity index (χ0n) is 7.22. The summed E-state index contributed by atoms with van der Waals surface area (Å²) in [5.41, 5.74) is -0.664. The van der Waals surface area contributed by atoms with Crippen LogP contribution in [0.3, 0.4) is 0 Å². The summed E-state index contributed by atoms with van der Waals surface area (Å²) in [6.45, 7) is 1.52. The number of hydrogen-bond donors (Lipinski definition) is 1. The largest absolute Gasteiger partial charge is 0.477 e. The minimum atomic E-state index is -4.18. The van der Waals surface area contributed by atoms with Gasteiger partial charge in [0.05, 0.1) is 5.56 Å². The van der Waals surface area contributed by atoms with Gasteiger partial charge in [-0.15, -0.1) is 0 Å². The summed E-state index contributed by atoms with van der Waals surface area (Å²) >= 11 is 0. The first kappa shape index (κ1) is 10.6. The van der Waals surface area contributed by atoms with Crippen LogP contribution in [-0.2, 0) is 10.7 Å². The summed E-state index contributed by atoms with van der Waals surface area (Å²) < 4.78 is 38.6. The second-order valence-corrected chi connectivity index (χ2v) is 2.86. The number of hydrogen-bond acceptors (Lipinski definition) is 1.